The minimum atomic E-state index is -1.01. The number of nitrogens with one attached hydrogen (secondary N) is 2. The molecule has 0 fully saturated rings. The number of aryl methyl sites for hydroxylation is 1. The van der Waals surface area contributed by atoms with Gasteiger partial charge in [-0.15, -0.1) is 0 Å². The fourth-order valence-electron chi connectivity index (χ4n) is 2.17. The van der Waals surface area contributed by atoms with Gasteiger partial charge in [-0.1, -0.05) is 18.1 Å². The summed E-state index contributed by atoms with van der Waals surface area (Å²) in [6.07, 6.45) is -0.749. The van der Waals surface area contributed by atoms with E-state index in [1.54, 1.807) is 44.2 Å². The highest BCUT2D eigenvalue weighted by Gasteiger charge is 2.22. The quantitative estimate of drug-likeness (QED) is 0.674. The highest BCUT2D eigenvalue weighted by atomic mass is 16.5. The molecule has 9 nitrogen and oxygen atoms in total. The van der Waals surface area contributed by atoms with Crippen LogP contribution in [0.25, 0.3) is 0 Å². The van der Waals surface area contributed by atoms with E-state index >= 15 is 0 Å². The third kappa shape index (κ3) is 5.84. The summed E-state index contributed by atoms with van der Waals surface area (Å²) in [5.41, 5.74) is 0.341. The Hall–Kier alpha value is -3.36. The van der Waals surface area contributed by atoms with Crippen molar-refractivity contribution in [3.63, 3.8) is 0 Å². The second-order valence-electron chi connectivity index (χ2n) is 5.61. The highest BCUT2D eigenvalue weighted by Crippen LogP contribution is 2.12. The van der Waals surface area contributed by atoms with Crippen molar-refractivity contribution < 1.29 is 28.4 Å². The number of ether oxygens (including phenoxy) is 2. The molecular weight excluding hydrogens is 354 g/mol. The van der Waals surface area contributed by atoms with Gasteiger partial charge in [0.15, 0.2) is 11.9 Å². The topological polar surface area (TPSA) is 120 Å². The van der Waals surface area contributed by atoms with Crippen LogP contribution in [-0.4, -0.2) is 42.7 Å². The molecule has 0 radical (unpaired) electrons. The molecule has 1 aromatic carbocycles. The van der Waals surface area contributed by atoms with Crippen LogP contribution in [0, 0.1) is 6.92 Å². The van der Waals surface area contributed by atoms with Gasteiger partial charge in [0.05, 0.1) is 7.11 Å². The summed E-state index contributed by atoms with van der Waals surface area (Å²) in [5.74, 6) is -0.422. The van der Waals surface area contributed by atoms with Crippen LogP contribution >= 0.6 is 0 Å². The number of methoxy groups -OCH3 is 1. The van der Waals surface area contributed by atoms with Crippen molar-refractivity contribution in [2.75, 3.05) is 19.0 Å². The molecule has 2 aromatic rings. The number of anilines is 1. The van der Waals surface area contributed by atoms with Crippen LogP contribution in [0.15, 0.2) is 34.9 Å². The zero-order valence-corrected chi connectivity index (χ0v) is 15.3. The molecule has 0 aliphatic heterocycles. The summed E-state index contributed by atoms with van der Waals surface area (Å²) in [6.45, 7) is 3.01. The average Bonchev–Trinajstić information content (AvgIpc) is 3.08. The molecule has 0 spiro atoms. The van der Waals surface area contributed by atoms with Crippen LogP contribution < -0.4 is 15.4 Å². The predicted octanol–water partition coefficient (Wildman–Crippen LogP) is 1.68. The van der Waals surface area contributed by atoms with E-state index in [9.17, 15) is 14.4 Å². The van der Waals surface area contributed by atoms with Crippen molar-refractivity contribution >= 4 is 23.6 Å². The van der Waals surface area contributed by atoms with Gasteiger partial charge in [0, 0.05) is 11.6 Å². The van der Waals surface area contributed by atoms with Crippen molar-refractivity contribution in [3.8, 4) is 5.75 Å². The summed E-state index contributed by atoms with van der Waals surface area (Å²) in [4.78, 5) is 36.2. The Balaban J connectivity index is 1.85. The number of esters is 1. The molecule has 9 heteroatoms. The molecule has 0 saturated heterocycles. The number of rotatable bonds is 8. The molecule has 2 N–H and O–H groups in total. The standard InChI is InChI=1S/C18H21N3O6/c1-4-14(18(24)20-15-8-11(2)27-21-15)26-16(22)10-19-17(23)12-6-5-7-13(9-12)25-3/h5-9,14H,4,10H2,1-3H3,(H,19,23)(H,20,21,24). The number of carbonyl (C=O) groups excluding carboxylic acids is 3. The molecule has 144 valence electrons. The van der Waals surface area contributed by atoms with Crippen molar-refractivity contribution in [3.05, 3.63) is 41.7 Å². The van der Waals surface area contributed by atoms with Crippen LogP contribution in [0.2, 0.25) is 0 Å². The molecule has 2 rings (SSSR count). The van der Waals surface area contributed by atoms with Gasteiger partial charge in [-0.3, -0.25) is 14.4 Å². The first-order chi connectivity index (χ1) is 12.9. The molecule has 0 aliphatic rings. The smallest absolute Gasteiger partial charge is 0.326 e. The van der Waals surface area contributed by atoms with E-state index < -0.39 is 23.9 Å². The molecular formula is C18H21N3O6. The van der Waals surface area contributed by atoms with Crippen LogP contribution in [0.3, 0.4) is 0 Å². The van der Waals surface area contributed by atoms with E-state index in [4.69, 9.17) is 14.0 Å². The fraction of sp³-hybridized carbons (Fsp3) is 0.333. The number of carbonyl (C=O) groups is 3. The Kier molecular flexibility index (Phi) is 6.93. The zero-order valence-electron chi connectivity index (χ0n) is 15.3. The SMILES string of the molecule is CCC(OC(=O)CNC(=O)c1cccc(OC)c1)C(=O)Nc1cc(C)on1. The van der Waals surface area contributed by atoms with Crippen molar-refractivity contribution in [2.24, 2.45) is 0 Å². The number of aromatic nitrogens is 1. The third-order valence-corrected chi connectivity index (χ3v) is 3.54. The second kappa shape index (κ2) is 9.37. The van der Waals surface area contributed by atoms with Gasteiger partial charge < -0.3 is 24.6 Å². The molecule has 0 saturated carbocycles. The lowest BCUT2D eigenvalue weighted by molar-refractivity contribution is -0.153. The first-order valence-corrected chi connectivity index (χ1v) is 8.28. The van der Waals surface area contributed by atoms with E-state index in [0.717, 1.165) is 0 Å². The molecule has 1 heterocycles. The number of hydrogen-bond acceptors (Lipinski definition) is 7. The van der Waals surface area contributed by atoms with Gasteiger partial charge in [0.25, 0.3) is 11.8 Å². The summed E-state index contributed by atoms with van der Waals surface area (Å²) in [7, 11) is 1.49. The maximum atomic E-state index is 12.1. The maximum absolute atomic E-state index is 12.1. The second-order valence-corrected chi connectivity index (χ2v) is 5.61. The van der Waals surface area contributed by atoms with E-state index in [1.807, 2.05) is 0 Å². The molecule has 0 aliphatic carbocycles. The number of amides is 2. The van der Waals surface area contributed by atoms with Gasteiger partial charge in [0.2, 0.25) is 0 Å². The molecule has 1 aromatic heterocycles. The van der Waals surface area contributed by atoms with Gasteiger partial charge in [-0.05, 0) is 31.5 Å². The Morgan fingerprint density at radius 1 is 1.26 bits per heavy atom. The van der Waals surface area contributed by atoms with E-state index in [0.29, 0.717) is 17.1 Å². The Morgan fingerprint density at radius 3 is 2.67 bits per heavy atom. The van der Waals surface area contributed by atoms with E-state index in [1.165, 1.54) is 7.11 Å². The summed E-state index contributed by atoms with van der Waals surface area (Å²) >= 11 is 0. The Morgan fingerprint density at radius 2 is 2.04 bits per heavy atom. The third-order valence-electron chi connectivity index (χ3n) is 3.54. The minimum Gasteiger partial charge on any atom is -0.497 e. The van der Waals surface area contributed by atoms with Gasteiger partial charge >= 0.3 is 5.97 Å². The van der Waals surface area contributed by atoms with Crippen molar-refractivity contribution in [1.29, 1.82) is 0 Å². The predicted molar refractivity (Wildman–Crippen MR) is 95.4 cm³/mol. The maximum Gasteiger partial charge on any atom is 0.326 e. The lowest BCUT2D eigenvalue weighted by Gasteiger charge is -2.15. The average molecular weight is 375 g/mol. The molecule has 1 atom stereocenters. The van der Waals surface area contributed by atoms with Crippen LogP contribution in [0.5, 0.6) is 5.75 Å². The summed E-state index contributed by atoms with van der Waals surface area (Å²) in [5, 5.41) is 8.59. The molecule has 2 amide bonds. The lowest BCUT2D eigenvalue weighted by atomic mass is 10.2. The van der Waals surface area contributed by atoms with Gasteiger partial charge in [-0.25, -0.2) is 0 Å². The lowest BCUT2D eigenvalue weighted by Crippen LogP contribution is -2.37. The monoisotopic (exact) mass is 375 g/mol. The number of hydrogen-bond donors (Lipinski definition) is 2. The first kappa shape index (κ1) is 20.0. The Bertz CT molecular complexity index is 817. The number of nitrogens with zero attached hydrogens (tertiary/aromatic N) is 1. The van der Waals surface area contributed by atoms with Gasteiger partial charge in [-0.2, -0.15) is 0 Å². The van der Waals surface area contributed by atoms with Crippen molar-refractivity contribution in [1.82, 2.24) is 10.5 Å². The normalized spacial score (nSPS) is 11.4. The zero-order chi connectivity index (χ0) is 19.8. The minimum absolute atomic E-state index is 0.235. The van der Waals surface area contributed by atoms with Crippen molar-refractivity contribution in [2.45, 2.75) is 26.4 Å². The van der Waals surface area contributed by atoms with Crippen LogP contribution in [-0.2, 0) is 14.3 Å². The highest BCUT2D eigenvalue weighted by molar-refractivity contribution is 5.97. The summed E-state index contributed by atoms with van der Waals surface area (Å²) in [6, 6.07) is 8.04. The molecule has 0 bridgehead atoms. The molecule has 1 unspecified atom stereocenters. The fourth-order valence-corrected chi connectivity index (χ4v) is 2.17. The Labute approximate surface area is 156 Å². The number of benzene rings is 1. The molecule has 27 heavy (non-hydrogen) atoms. The first-order valence-electron chi connectivity index (χ1n) is 8.28. The van der Waals surface area contributed by atoms with E-state index in [-0.39, 0.29) is 18.8 Å². The van der Waals surface area contributed by atoms with Crippen LogP contribution in [0.1, 0.15) is 29.5 Å². The summed E-state index contributed by atoms with van der Waals surface area (Å²) < 4.78 is 15.0. The van der Waals surface area contributed by atoms with E-state index in [2.05, 4.69) is 15.8 Å². The van der Waals surface area contributed by atoms with Gasteiger partial charge in [0.1, 0.15) is 18.1 Å². The largest absolute Gasteiger partial charge is 0.497 e. The van der Waals surface area contributed by atoms with Crippen LogP contribution in [0.4, 0.5) is 5.82 Å².